The Balaban J connectivity index is 3.54. The Morgan fingerprint density at radius 1 is 1.29 bits per heavy atom. The molecule has 0 bridgehead atoms. The molecular formula is C12H25N3O2. The molecule has 2 N–H and O–H groups in total. The fraction of sp³-hybridized carbons (Fsp3) is 0.833. The Morgan fingerprint density at radius 2 is 2.00 bits per heavy atom. The van der Waals surface area contributed by atoms with E-state index in [1.807, 2.05) is 0 Å². The molecule has 0 aromatic carbocycles. The van der Waals surface area contributed by atoms with Crippen LogP contribution in [-0.2, 0) is 9.53 Å². The van der Waals surface area contributed by atoms with Crippen molar-refractivity contribution in [2.45, 2.75) is 33.1 Å². The number of esters is 1. The number of unbranched alkanes of at least 4 members (excludes halogenated alkanes) is 1. The minimum absolute atomic E-state index is 0.146. The monoisotopic (exact) mass is 243 g/mol. The van der Waals surface area contributed by atoms with E-state index in [0.717, 1.165) is 31.9 Å². The zero-order valence-electron chi connectivity index (χ0n) is 11.4. The molecule has 100 valence electrons. The van der Waals surface area contributed by atoms with Crippen molar-refractivity contribution in [3.63, 3.8) is 0 Å². The first-order chi connectivity index (χ1) is 8.10. The highest BCUT2D eigenvalue weighted by atomic mass is 16.5. The van der Waals surface area contributed by atoms with Crippen LogP contribution in [0.25, 0.3) is 0 Å². The van der Waals surface area contributed by atoms with E-state index in [1.165, 1.54) is 7.11 Å². The molecule has 0 spiro atoms. The quantitative estimate of drug-likeness (QED) is 0.305. The maximum Gasteiger partial charge on any atom is 0.305 e. The summed E-state index contributed by atoms with van der Waals surface area (Å²) in [4.78, 5) is 15.0. The van der Waals surface area contributed by atoms with Crippen molar-refractivity contribution >= 4 is 11.9 Å². The SMILES string of the molecule is CN=C(NCCCCC(=O)OC)NCC(C)C. The van der Waals surface area contributed by atoms with Gasteiger partial charge in [0.05, 0.1) is 7.11 Å². The highest BCUT2D eigenvalue weighted by Gasteiger charge is 2.01. The van der Waals surface area contributed by atoms with Crippen molar-refractivity contribution in [3.05, 3.63) is 0 Å². The van der Waals surface area contributed by atoms with Gasteiger partial charge in [0.2, 0.25) is 0 Å². The molecule has 0 saturated heterocycles. The number of hydrogen-bond donors (Lipinski definition) is 2. The molecule has 0 aromatic rings. The minimum Gasteiger partial charge on any atom is -0.469 e. The topological polar surface area (TPSA) is 62.7 Å². The molecule has 0 aromatic heterocycles. The van der Waals surface area contributed by atoms with Crippen LogP contribution in [0.15, 0.2) is 4.99 Å². The van der Waals surface area contributed by atoms with Gasteiger partial charge in [-0.05, 0) is 18.8 Å². The number of hydrogen-bond acceptors (Lipinski definition) is 3. The van der Waals surface area contributed by atoms with Crippen molar-refractivity contribution in [3.8, 4) is 0 Å². The van der Waals surface area contributed by atoms with Crippen LogP contribution in [0.2, 0.25) is 0 Å². The second kappa shape index (κ2) is 9.93. The van der Waals surface area contributed by atoms with Gasteiger partial charge < -0.3 is 15.4 Å². The summed E-state index contributed by atoms with van der Waals surface area (Å²) in [5, 5.41) is 6.43. The van der Waals surface area contributed by atoms with Crippen molar-refractivity contribution in [2.75, 3.05) is 27.2 Å². The van der Waals surface area contributed by atoms with E-state index in [1.54, 1.807) is 7.05 Å². The van der Waals surface area contributed by atoms with Crippen LogP contribution in [0.4, 0.5) is 0 Å². The van der Waals surface area contributed by atoms with Gasteiger partial charge in [-0.2, -0.15) is 0 Å². The Kier molecular flexibility index (Phi) is 9.19. The summed E-state index contributed by atoms with van der Waals surface area (Å²) in [6, 6.07) is 0. The van der Waals surface area contributed by atoms with Gasteiger partial charge in [-0.15, -0.1) is 0 Å². The summed E-state index contributed by atoms with van der Waals surface area (Å²) in [6.45, 7) is 6.02. The van der Waals surface area contributed by atoms with Crippen LogP contribution < -0.4 is 10.6 Å². The van der Waals surface area contributed by atoms with E-state index in [4.69, 9.17) is 0 Å². The number of aliphatic imine (C=N–C) groups is 1. The standard InChI is InChI=1S/C12H25N3O2/c1-10(2)9-15-12(13-3)14-8-6-5-7-11(16)17-4/h10H,5-9H2,1-4H3,(H2,13,14,15). The molecule has 0 aliphatic heterocycles. The normalized spacial score (nSPS) is 11.5. The number of carbonyl (C=O) groups excluding carboxylic acids is 1. The number of guanidine groups is 1. The van der Waals surface area contributed by atoms with E-state index in [2.05, 4.69) is 34.2 Å². The van der Waals surface area contributed by atoms with Crippen molar-refractivity contribution in [1.29, 1.82) is 0 Å². The summed E-state index contributed by atoms with van der Waals surface area (Å²) in [5.74, 6) is 1.26. The van der Waals surface area contributed by atoms with Crippen molar-refractivity contribution < 1.29 is 9.53 Å². The van der Waals surface area contributed by atoms with E-state index in [-0.39, 0.29) is 5.97 Å². The summed E-state index contributed by atoms with van der Waals surface area (Å²) in [5.41, 5.74) is 0. The Labute approximate surface area is 104 Å². The molecule has 0 rings (SSSR count). The number of methoxy groups -OCH3 is 1. The predicted molar refractivity (Wildman–Crippen MR) is 70.1 cm³/mol. The predicted octanol–water partition coefficient (Wildman–Crippen LogP) is 1.15. The van der Waals surface area contributed by atoms with Crippen LogP contribution in [0.1, 0.15) is 33.1 Å². The van der Waals surface area contributed by atoms with Crippen molar-refractivity contribution in [2.24, 2.45) is 10.9 Å². The van der Waals surface area contributed by atoms with Crippen molar-refractivity contribution in [1.82, 2.24) is 10.6 Å². The van der Waals surface area contributed by atoms with Gasteiger partial charge in [0, 0.05) is 26.6 Å². The third kappa shape index (κ3) is 9.66. The van der Waals surface area contributed by atoms with Gasteiger partial charge in [-0.3, -0.25) is 9.79 Å². The number of nitrogens with zero attached hydrogens (tertiary/aromatic N) is 1. The Bertz CT molecular complexity index is 240. The molecule has 0 amide bonds. The molecule has 5 nitrogen and oxygen atoms in total. The molecule has 0 atom stereocenters. The molecule has 0 radical (unpaired) electrons. The zero-order chi connectivity index (χ0) is 13.1. The molecular weight excluding hydrogens is 218 g/mol. The summed E-state index contributed by atoms with van der Waals surface area (Å²) in [6.07, 6.45) is 2.24. The smallest absolute Gasteiger partial charge is 0.305 e. The molecule has 0 heterocycles. The first kappa shape index (κ1) is 15.7. The summed E-state index contributed by atoms with van der Waals surface area (Å²) >= 11 is 0. The highest BCUT2D eigenvalue weighted by molar-refractivity contribution is 5.79. The second-order valence-corrected chi connectivity index (χ2v) is 4.31. The molecule has 0 unspecified atom stereocenters. The van der Waals surface area contributed by atoms with Gasteiger partial charge in [-0.1, -0.05) is 13.8 Å². The van der Waals surface area contributed by atoms with Gasteiger partial charge in [-0.25, -0.2) is 0 Å². The number of nitrogens with one attached hydrogen (secondary N) is 2. The lowest BCUT2D eigenvalue weighted by molar-refractivity contribution is -0.140. The lowest BCUT2D eigenvalue weighted by Crippen LogP contribution is -2.39. The van der Waals surface area contributed by atoms with Crippen LogP contribution in [0, 0.1) is 5.92 Å². The van der Waals surface area contributed by atoms with Gasteiger partial charge in [0.1, 0.15) is 0 Å². The molecule has 0 fully saturated rings. The van der Waals surface area contributed by atoms with E-state index < -0.39 is 0 Å². The van der Waals surface area contributed by atoms with Crippen LogP contribution in [0.5, 0.6) is 0 Å². The van der Waals surface area contributed by atoms with Crippen LogP contribution >= 0.6 is 0 Å². The lowest BCUT2D eigenvalue weighted by Gasteiger charge is -2.13. The Morgan fingerprint density at radius 3 is 2.53 bits per heavy atom. The average Bonchev–Trinajstić information content (AvgIpc) is 2.31. The fourth-order valence-corrected chi connectivity index (χ4v) is 1.22. The maximum atomic E-state index is 10.9. The van der Waals surface area contributed by atoms with Gasteiger partial charge in [0.15, 0.2) is 5.96 Å². The van der Waals surface area contributed by atoms with Gasteiger partial charge in [0.25, 0.3) is 0 Å². The number of carbonyl (C=O) groups is 1. The second-order valence-electron chi connectivity index (χ2n) is 4.31. The third-order valence-corrected chi connectivity index (χ3v) is 2.23. The average molecular weight is 243 g/mol. The molecule has 0 saturated carbocycles. The molecule has 17 heavy (non-hydrogen) atoms. The lowest BCUT2D eigenvalue weighted by atomic mass is 10.2. The maximum absolute atomic E-state index is 10.9. The molecule has 0 aliphatic carbocycles. The van der Waals surface area contributed by atoms with Crippen LogP contribution in [-0.4, -0.2) is 39.2 Å². The summed E-state index contributed by atoms with van der Waals surface area (Å²) in [7, 11) is 3.17. The molecule has 0 aliphatic rings. The van der Waals surface area contributed by atoms with E-state index in [0.29, 0.717) is 12.3 Å². The largest absolute Gasteiger partial charge is 0.469 e. The summed E-state index contributed by atoms with van der Waals surface area (Å²) < 4.78 is 4.57. The third-order valence-electron chi connectivity index (χ3n) is 2.23. The Hall–Kier alpha value is -1.26. The highest BCUT2D eigenvalue weighted by Crippen LogP contribution is 1.95. The zero-order valence-corrected chi connectivity index (χ0v) is 11.4. The minimum atomic E-state index is -0.146. The number of rotatable bonds is 7. The first-order valence-electron chi connectivity index (χ1n) is 6.11. The fourth-order valence-electron chi connectivity index (χ4n) is 1.22. The van der Waals surface area contributed by atoms with E-state index >= 15 is 0 Å². The van der Waals surface area contributed by atoms with E-state index in [9.17, 15) is 4.79 Å². The van der Waals surface area contributed by atoms with Gasteiger partial charge >= 0.3 is 5.97 Å². The number of ether oxygens (including phenoxy) is 1. The molecule has 5 heteroatoms. The van der Waals surface area contributed by atoms with Crippen LogP contribution in [0.3, 0.4) is 0 Å². The first-order valence-corrected chi connectivity index (χ1v) is 6.11.